The largest absolute Gasteiger partial charge is 0.322 e. The molecule has 0 spiro atoms. The summed E-state index contributed by atoms with van der Waals surface area (Å²) < 4.78 is 13.1. The molecule has 0 saturated carbocycles. The van der Waals surface area contributed by atoms with Gasteiger partial charge in [-0.05, 0) is 80.6 Å². The molecule has 33 heavy (non-hydrogen) atoms. The van der Waals surface area contributed by atoms with Crippen LogP contribution >= 0.6 is 23.1 Å². The minimum absolute atomic E-state index is 0.171. The number of nitrogens with one attached hydrogen (secondary N) is 2. The van der Waals surface area contributed by atoms with Crippen LogP contribution in [-0.4, -0.2) is 17.1 Å². The van der Waals surface area contributed by atoms with Gasteiger partial charge in [-0.1, -0.05) is 6.07 Å². The van der Waals surface area contributed by atoms with Crippen molar-refractivity contribution < 1.29 is 14.0 Å². The maximum absolute atomic E-state index is 13.1. The number of amides is 2. The van der Waals surface area contributed by atoms with Crippen molar-refractivity contribution in [1.82, 2.24) is 0 Å². The Hall–Kier alpha value is -3.15. The summed E-state index contributed by atoms with van der Waals surface area (Å²) in [7, 11) is 0. The van der Waals surface area contributed by atoms with E-state index < -0.39 is 11.1 Å². The monoisotopic (exact) mass is 479 g/mol. The smallest absolute Gasteiger partial charge is 0.255 e. The van der Waals surface area contributed by atoms with Gasteiger partial charge in [0.25, 0.3) is 5.91 Å². The van der Waals surface area contributed by atoms with Crippen LogP contribution in [0.25, 0.3) is 0 Å². The number of benzene rings is 2. The molecule has 0 aliphatic heterocycles. The Morgan fingerprint density at radius 3 is 2.64 bits per heavy atom. The van der Waals surface area contributed by atoms with Gasteiger partial charge in [0.2, 0.25) is 5.91 Å². The molecule has 2 amide bonds. The molecule has 1 aromatic heterocycles. The highest BCUT2D eigenvalue weighted by Gasteiger charge is 2.23. The second kappa shape index (κ2) is 10.2. The van der Waals surface area contributed by atoms with Crippen LogP contribution in [0.3, 0.4) is 0 Å². The van der Waals surface area contributed by atoms with Gasteiger partial charge >= 0.3 is 0 Å². The van der Waals surface area contributed by atoms with Gasteiger partial charge in [-0.15, -0.1) is 23.1 Å². The maximum Gasteiger partial charge on any atom is 0.255 e. The Kier molecular flexibility index (Phi) is 7.11. The summed E-state index contributed by atoms with van der Waals surface area (Å²) in [5.41, 5.74) is 2.63. The molecule has 8 heteroatoms. The lowest BCUT2D eigenvalue weighted by atomic mass is 9.96. The number of aryl methyl sites for hydroxylation is 1. The standard InChI is InChI=1S/C25H22FN3O2S2/c1-15(23(30)29-25-21(14-27)20-7-2-3-8-22(20)33-25)32-19-6-4-5-18(13-19)28-24(31)16-9-11-17(26)12-10-16/h4-6,9-13,15H,2-3,7-8H2,1H3,(H,28,31)(H,29,30). The predicted octanol–water partition coefficient (Wildman–Crippen LogP) is 6.01. The SMILES string of the molecule is CC(Sc1cccc(NC(=O)c2ccc(F)cc2)c1)C(=O)Nc1sc2c(c1C#N)CCCC2. The zero-order valence-corrected chi connectivity index (χ0v) is 19.6. The summed E-state index contributed by atoms with van der Waals surface area (Å²) in [5, 5.41) is 15.6. The number of hydrogen-bond acceptors (Lipinski definition) is 5. The van der Waals surface area contributed by atoms with Crippen molar-refractivity contribution in [1.29, 1.82) is 5.26 Å². The zero-order valence-electron chi connectivity index (χ0n) is 18.0. The topological polar surface area (TPSA) is 82.0 Å². The Morgan fingerprint density at radius 1 is 1.12 bits per heavy atom. The summed E-state index contributed by atoms with van der Waals surface area (Å²) >= 11 is 2.88. The van der Waals surface area contributed by atoms with Crippen LogP contribution in [0.15, 0.2) is 53.4 Å². The summed E-state index contributed by atoms with van der Waals surface area (Å²) in [5.74, 6) is -0.911. The van der Waals surface area contributed by atoms with Crippen LogP contribution in [0.1, 0.15) is 46.1 Å². The van der Waals surface area contributed by atoms with Crippen molar-refractivity contribution in [2.24, 2.45) is 0 Å². The van der Waals surface area contributed by atoms with Gasteiger partial charge in [-0.2, -0.15) is 5.26 Å². The van der Waals surface area contributed by atoms with Crippen LogP contribution in [-0.2, 0) is 17.6 Å². The molecule has 3 aromatic rings. The minimum Gasteiger partial charge on any atom is -0.322 e. The van der Waals surface area contributed by atoms with Crippen LogP contribution in [0.2, 0.25) is 0 Å². The molecule has 168 valence electrons. The van der Waals surface area contributed by atoms with E-state index in [4.69, 9.17) is 0 Å². The lowest BCUT2D eigenvalue weighted by Crippen LogP contribution is -2.22. The van der Waals surface area contributed by atoms with E-state index in [-0.39, 0.29) is 11.8 Å². The van der Waals surface area contributed by atoms with Gasteiger partial charge in [0.1, 0.15) is 16.9 Å². The highest BCUT2D eigenvalue weighted by atomic mass is 32.2. The quantitative estimate of drug-likeness (QED) is 0.424. The molecule has 5 nitrogen and oxygen atoms in total. The number of rotatable bonds is 6. The third kappa shape index (κ3) is 5.44. The summed E-state index contributed by atoms with van der Waals surface area (Å²) in [6, 6.07) is 14.8. The van der Waals surface area contributed by atoms with Crippen molar-refractivity contribution in [3.05, 3.63) is 75.9 Å². The molecule has 1 heterocycles. The van der Waals surface area contributed by atoms with Crippen LogP contribution < -0.4 is 10.6 Å². The van der Waals surface area contributed by atoms with E-state index in [2.05, 4.69) is 16.7 Å². The van der Waals surface area contributed by atoms with Gasteiger partial charge in [0.15, 0.2) is 0 Å². The number of thiophene rings is 1. The average molecular weight is 480 g/mol. The summed E-state index contributed by atoms with van der Waals surface area (Å²) in [4.78, 5) is 27.2. The number of hydrogen-bond donors (Lipinski definition) is 2. The first-order valence-corrected chi connectivity index (χ1v) is 12.3. The number of nitrogens with zero attached hydrogens (tertiary/aromatic N) is 1. The van der Waals surface area contributed by atoms with Gasteiger partial charge in [-0.25, -0.2) is 4.39 Å². The molecule has 2 N–H and O–H groups in total. The number of carbonyl (C=O) groups excluding carboxylic acids is 2. The number of fused-ring (bicyclic) bond motifs is 1. The fraction of sp³-hybridized carbons (Fsp3) is 0.240. The van der Waals surface area contributed by atoms with Gasteiger partial charge in [-0.3, -0.25) is 9.59 Å². The Balaban J connectivity index is 1.40. The molecule has 0 saturated heterocycles. The van der Waals surface area contributed by atoms with Crippen LogP contribution in [0, 0.1) is 17.1 Å². The third-order valence-electron chi connectivity index (χ3n) is 5.40. The fourth-order valence-electron chi connectivity index (χ4n) is 3.70. The van der Waals surface area contributed by atoms with E-state index in [0.717, 1.165) is 36.1 Å². The molecule has 1 unspecified atom stereocenters. The lowest BCUT2D eigenvalue weighted by molar-refractivity contribution is -0.115. The predicted molar refractivity (Wildman–Crippen MR) is 130 cm³/mol. The number of anilines is 2. The minimum atomic E-state index is -0.404. The van der Waals surface area contributed by atoms with Gasteiger partial charge < -0.3 is 10.6 Å². The molecular formula is C25H22FN3O2S2. The molecule has 0 bridgehead atoms. The molecule has 1 aliphatic rings. The van der Waals surface area contributed by atoms with E-state index >= 15 is 0 Å². The summed E-state index contributed by atoms with van der Waals surface area (Å²) in [6.07, 6.45) is 4.05. The third-order valence-corrected chi connectivity index (χ3v) is 7.70. The molecule has 2 aromatic carbocycles. The first-order chi connectivity index (χ1) is 15.9. The van der Waals surface area contributed by atoms with Crippen molar-refractivity contribution in [2.75, 3.05) is 10.6 Å². The van der Waals surface area contributed by atoms with Crippen molar-refractivity contribution >= 4 is 45.6 Å². The second-order valence-electron chi connectivity index (χ2n) is 7.77. The molecule has 1 atom stereocenters. The zero-order chi connectivity index (χ0) is 23.4. The van der Waals surface area contributed by atoms with Gasteiger partial charge in [0, 0.05) is 21.0 Å². The Labute approximate surface area is 200 Å². The van der Waals surface area contributed by atoms with Crippen molar-refractivity contribution in [3.8, 4) is 6.07 Å². The Morgan fingerprint density at radius 2 is 1.88 bits per heavy atom. The van der Waals surface area contributed by atoms with Crippen LogP contribution in [0.4, 0.5) is 15.1 Å². The molecular weight excluding hydrogens is 457 g/mol. The number of carbonyl (C=O) groups is 2. The normalized spacial score (nSPS) is 13.5. The molecule has 4 rings (SSSR count). The number of thioether (sulfide) groups is 1. The van der Waals surface area contributed by atoms with E-state index in [9.17, 15) is 19.2 Å². The van der Waals surface area contributed by atoms with E-state index in [0.29, 0.717) is 21.8 Å². The molecule has 0 fully saturated rings. The lowest BCUT2D eigenvalue weighted by Gasteiger charge is -2.13. The average Bonchev–Trinajstić information content (AvgIpc) is 3.16. The van der Waals surface area contributed by atoms with E-state index in [1.165, 1.54) is 52.2 Å². The first-order valence-electron chi connectivity index (χ1n) is 10.6. The number of halogens is 1. The Bertz CT molecular complexity index is 1230. The highest BCUT2D eigenvalue weighted by molar-refractivity contribution is 8.00. The molecule has 0 radical (unpaired) electrons. The van der Waals surface area contributed by atoms with E-state index in [1.54, 1.807) is 18.2 Å². The van der Waals surface area contributed by atoms with Gasteiger partial charge in [0.05, 0.1) is 10.8 Å². The fourth-order valence-corrected chi connectivity index (χ4v) is 5.86. The van der Waals surface area contributed by atoms with E-state index in [1.807, 2.05) is 13.0 Å². The highest BCUT2D eigenvalue weighted by Crippen LogP contribution is 2.38. The number of nitriles is 1. The van der Waals surface area contributed by atoms with Crippen molar-refractivity contribution in [3.63, 3.8) is 0 Å². The summed E-state index contributed by atoms with van der Waals surface area (Å²) in [6.45, 7) is 1.81. The second-order valence-corrected chi connectivity index (χ2v) is 10.3. The molecule has 1 aliphatic carbocycles. The van der Waals surface area contributed by atoms with Crippen molar-refractivity contribution in [2.45, 2.75) is 42.8 Å². The first kappa shape index (κ1) is 23.0. The maximum atomic E-state index is 13.1. The van der Waals surface area contributed by atoms with Crippen LogP contribution in [0.5, 0.6) is 0 Å².